The third kappa shape index (κ3) is 4.54. The molecule has 1 aliphatic rings. The van der Waals surface area contributed by atoms with Gasteiger partial charge in [-0.2, -0.15) is 0 Å². The maximum absolute atomic E-state index is 12.0. The van der Waals surface area contributed by atoms with Gasteiger partial charge in [-0.15, -0.1) is 11.3 Å². The van der Waals surface area contributed by atoms with Gasteiger partial charge in [0.05, 0.1) is 17.2 Å². The summed E-state index contributed by atoms with van der Waals surface area (Å²) in [5, 5.41) is 6.43. The van der Waals surface area contributed by atoms with E-state index in [1.165, 1.54) is 0 Å². The van der Waals surface area contributed by atoms with E-state index >= 15 is 0 Å². The molecule has 0 aliphatic carbocycles. The molecule has 6 heteroatoms. The summed E-state index contributed by atoms with van der Waals surface area (Å²) in [6.07, 6.45) is 0. The van der Waals surface area contributed by atoms with Crippen LogP contribution in [0.25, 0.3) is 0 Å². The van der Waals surface area contributed by atoms with Crippen LogP contribution in [-0.4, -0.2) is 59.5 Å². The Bertz CT molecular complexity index is 438. The maximum Gasteiger partial charge on any atom is 0.236 e. The summed E-state index contributed by atoms with van der Waals surface area (Å²) in [5.41, 5.74) is 1.15. The van der Waals surface area contributed by atoms with E-state index in [4.69, 9.17) is 0 Å². The van der Waals surface area contributed by atoms with Crippen LogP contribution in [0.5, 0.6) is 0 Å². The normalized spacial score (nSPS) is 16.9. The predicted molar refractivity (Wildman–Crippen MR) is 81.8 cm³/mol. The van der Waals surface area contributed by atoms with E-state index in [2.05, 4.69) is 34.4 Å². The van der Waals surface area contributed by atoms with Gasteiger partial charge in [-0.25, -0.2) is 4.98 Å². The van der Waals surface area contributed by atoms with Crippen molar-refractivity contribution in [3.05, 3.63) is 16.1 Å². The zero-order valence-electron chi connectivity index (χ0n) is 12.6. The van der Waals surface area contributed by atoms with Crippen LogP contribution in [0.15, 0.2) is 5.38 Å². The van der Waals surface area contributed by atoms with E-state index < -0.39 is 0 Å². The fraction of sp³-hybridized carbons (Fsp3) is 0.714. The van der Waals surface area contributed by atoms with Crippen LogP contribution >= 0.6 is 11.3 Å². The SMILES string of the molecule is Cc1nc(CN2CCN(C(=O)CNC(C)C)CC2)cs1. The summed E-state index contributed by atoms with van der Waals surface area (Å²) in [4.78, 5) is 20.8. The third-order valence-corrected chi connectivity index (χ3v) is 4.26. The van der Waals surface area contributed by atoms with Gasteiger partial charge in [-0.1, -0.05) is 13.8 Å². The fourth-order valence-electron chi connectivity index (χ4n) is 2.27. The van der Waals surface area contributed by atoms with Crippen LogP contribution < -0.4 is 5.32 Å². The highest BCUT2D eigenvalue weighted by molar-refractivity contribution is 7.09. The first-order chi connectivity index (χ1) is 9.54. The molecule has 2 heterocycles. The van der Waals surface area contributed by atoms with Crippen molar-refractivity contribution in [1.29, 1.82) is 0 Å². The second kappa shape index (κ2) is 7.15. The first kappa shape index (κ1) is 15.4. The molecule has 1 N–H and O–H groups in total. The average molecular weight is 296 g/mol. The largest absolute Gasteiger partial charge is 0.339 e. The Balaban J connectivity index is 1.73. The van der Waals surface area contributed by atoms with Gasteiger partial charge in [-0.3, -0.25) is 9.69 Å². The zero-order chi connectivity index (χ0) is 14.5. The monoisotopic (exact) mass is 296 g/mol. The minimum absolute atomic E-state index is 0.211. The number of hydrogen-bond acceptors (Lipinski definition) is 5. The minimum Gasteiger partial charge on any atom is -0.339 e. The highest BCUT2D eigenvalue weighted by Gasteiger charge is 2.21. The van der Waals surface area contributed by atoms with Crippen molar-refractivity contribution in [3.8, 4) is 0 Å². The molecule has 0 radical (unpaired) electrons. The summed E-state index contributed by atoms with van der Waals surface area (Å²) in [7, 11) is 0. The van der Waals surface area contributed by atoms with E-state index in [0.29, 0.717) is 12.6 Å². The Kier molecular flexibility index (Phi) is 5.51. The molecule has 1 aromatic rings. The highest BCUT2D eigenvalue weighted by Crippen LogP contribution is 2.12. The van der Waals surface area contributed by atoms with E-state index in [-0.39, 0.29) is 5.91 Å². The smallest absolute Gasteiger partial charge is 0.236 e. The van der Waals surface area contributed by atoms with Crippen LogP contribution in [0.3, 0.4) is 0 Å². The van der Waals surface area contributed by atoms with Gasteiger partial charge in [0, 0.05) is 44.1 Å². The number of hydrogen-bond donors (Lipinski definition) is 1. The van der Waals surface area contributed by atoms with Crippen molar-refractivity contribution in [2.75, 3.05) is 32.7 Å². The summed E-state index contributed by atoms with van der Waals surface area (Å²) in [6, 6.07) is 0.355. The quantitative estimate of drug-likeness (QED) is 0.884. The molecule has 0 bridgehead atoms. The van der Waals surface area contributed by atoms with Gasteiger partial charge in [0.2, 0.25) is 5.91 Å². The molecule has 112 valence electrons. The van der Waals surface area contributed by atoms with Gasteiger partial charge in [0.1, 0.15) is 0 Å². The van der Waals surface area contributed by atoms with E-state index in [1.54, 1.807) is 11.3 Å². The number of thiazole rings is 1. The number of nitrogens with one attached hydrogen (secondary N) is 1. The first-order valence-corrected chi connectivity index (χ1v) is 8.07. The molecular weight excluding hydrogens is 272 g/mol. The standard InChI is InChI=1S/C14H24N4OS/c1-11(2)15-8-14(19)18-6-4-17(5-7-18)9-13-10-20-12(3)16-13/h10-11,15H,4-9H2,1-3H3. The van der Waals surface area contributed by atoms with Crippen LogP contribution in [0.1, 0.15) is 24.5 Å². The summed E-state index contributed by atoms with van der Waals surface area (Å²) in [6.45, 7) is 11.0. The summed E-state index contributed by atoms with van der Waals surface area (Å²) < 4.78 is 0. The lowest BCUT2D eigenvalue weighted by Gasteiger charge is -2.34. The number of amides is 1. The van der Waals surface area contributed by atoms with Crippen LogP contribution in [0.2, 0.25) is 0 Å². The summed E-state index contributed by atoms with van der Waals surface area (Å²) in [5.74, 6) is 0.211. The molecule has 1 amide bonds. The Hall–Kier alpha value is -0.980. The first-order valence-electron chi connectivity index (χ1n) is 7.19. The molecule has 2 rings (SSSR count). The molecular formula is C14H24N4OS. The lowest BCUT2D eigenvalue weighted by Crippen LogP contribution is -2.50. The van der Waals surface area contributed by atoms with Crippen molar-refractivity contribution < 1.29 is 4.79 Å². The third-order valence-electron chi connectivity index (χ3n) is 3.44. The number of rotatable bonds is 5. The number of carbonyl (C=O) groups excluding carboxylic acids is 1. The van der Waals surface area contributed by atoms with Gasteiger partial charge < -0.3 is 10.2 Å². The summed E-state index contributed by atoms with van der Waals surface area (Å²) >= 11 is 1.70. The van der Waals surface area contributed by atoms with Crippen LogP contribution in [0, 0.1) is 6.92 Å². The van der Waals surface area contributed by atoms with Gasteiger partial charge in [-0.05, 0) is 6.92 Å². The van der Waals surface area contributed by atoms with Crippen molar-refractivity contribution >= 4 is 17.2 Å². The minimum atomic E-state index is 0.211. The number of nitrogens with zero attached hydrogens (tertiary/aromatic N) is 3. The maximum atomic E-state index is 12.0. The average Bonchev–Trinajstić information content (AvgIpc) is 2.82. The molecule has 0 aromatic carbocycles. The molecule has 1 saturated heterocycles. The molecule has 0 saturated carbocycles. The Labute approximate surface area is 125 Å². The topological polar surface area (TPSA) is 48.5 Å². The molecule has 1 fully saturated rings. The van der Waals surface area contributed by atoms with Crippen LogP contribution in [0.4, 0.5) is 0 Å². The van der Waals surface area contributed by atoms with E-state index in [9.17, 15) is 4.79 Å². The van der Waals surface area contributed by atoms with Crippen molar-refractivity contribution in [2.45, 2.75) is 33.4 Å². The van der Waals surface area contributed by atoms with Gasteiger partial charge in [0.15, 0.2) is 0 Å². The number of aromatic nitrogens is 1. The fourth-order valence-corrected chi connectivity index (χ4v) is 2.87. The highest BCUT2D eigenvalue weighted by atomic mass is 32.1. The predicted octanol–water partition coefficient (Wildman–Crippen LogP) is 1.09. The second-order valence-electron chi connectivity index (χ2n) is 5.55. The van der Waals surface area contributed by atoms with Crippen molar-refractivity contribution in [1.82, 2.24) is 20.1 Å². The van der Waals surface area contributed by atoms with Gasteiger partial charge in [0.25, 0.3) is 0 Å². The Morgan fingerprint density at radius 1 is 1.40 bits per heavy atom. The van der Waals surface area contributed by atoms with Crippen LogP contribution in [-0.2, 0) is 11.3 Å². The molecule has 5 nitrogen and oxygen atoms in total. The number of piperazine rings is 1. The molecule has 0 atom stereocenters. The Morgan fingerprint density at radius 3 is 2.65 bits per heavy atom. The number of aryl methyl sites for hydroxylation is 1. The van der Waals surface area contributed by atoms with E-state index in [1.807, 2.05) is 11.8 Å². The molecule has 0 spiro atoms. The molecule has 1 aromatic heterocycles. The molecule has 0 unspecified atom stereocenters. The Morgan fingerprint density at radius 2 is 2.10 bits per heavy atom. The van der Waals surface area contributed by atoms with Crippen molar-refractivity contribution in [3.63, 3.8) is 0 Å². The van der Waals surface area contributed by atoms with Crippen molar-refractivity contribution in [2.24, 2.45) is 0 Å². The lowest BCUT2D eigenvalue weighted by molar-refractivity contribution is -0.132. The second-order valence-corrected chi connectivity index (χ2v) is 6.61. The lowest BCUT2D eigenvalue weighted by atomic mass is 10.3. The van der Waals surface area contributed by atoms with E-state index in [0.717, 1.165) is 43.4 Å². The van der Waals surface area contributed by atoms with Gasteiger partial charge >= 0.3 is 0 Å². The molecule has 1 aliphatic heterocycles. The number of carbonyl (C=O) groups is 1. The zero-order valence-corrected chi connectivity index (χ0v) is 13.4. The molecule has 20 heavy (non-hydrogen) atoms.